The quantitative estimate of drug-likeness (QED) is 0.790. The van der Waals surface area contributed by atoms with Crippen LogP contribution in [0.2, 0.25) is 0 Å². The number of rotatable bonds is 7. The third kappa shape index (κ3) is 3.96. The van der Waals surface area contributed by atoms with Gasteiger partial charge in [0.2, 0.25) is 10.0 Å². The summed E-state index contributed by atoms with van der Waals surface area (Å²) in [7, 11) is -1.67. The molecule has 0 bridgehead atoms. The van der Waals surface area contributed by atoms with Crippen molar-refractivity contribution in [3.63, 3.8) is 0 Å². The summed E-state index contributed by atoms with van der Waals surface area (Å²) < 4.78 is 25.2. The van der Waals surface area contributed by atoms with E-state index in [0.717, 1.165) is 11.3 Å². The number of likely N-dealkylation sites (tertiary alicyclic amines) is 1. The highest BCUT2D eigenvalue weighted by molar-refractivity contribution is 7.88. The van der Waals surface area contributed by atoms with Crippen molar-refractivity contribution in [2.24, 2.45) is 0 Å². The van der Waals surface area contributed by atoms with E-state index in [1.165, 1.54) is 10.6 Å². The molecule has 1 N–H and O–H groups in total. The Kier molecular flexibility index (Phi) is 5.72. The van der Waals surface area contributed by atoms with Crippen LogP contribution in [-0.2, 0) is 16.6 Å². The van der Waals surface area contributed by atoms with Crippen molar-refractivity contribution in [2.75, 3.05) is 26.5 Å². The second kappa shape index (κ2) is 7.84. The van der Waals surface area contributed by atoms with Gasteiger partial charge in [-0.05, 0) is 17.7 Å². The van der Waals surface area contributed by atoms with Gasteiger partial charge in [-0.1, -0.05) is 36.4 Å². The summed E-state index contributed by atoms with van der Waals surface area (Å²) in [4.78, 5) is 6.53. The third-order valence-corrected chi connectivity index (χ3v) is 6.41. The minimum Gasteiger partial charge on any atom is -0.395 e. The predicted octanol–water partition coefficient (Wildman–Crippen LogP) is 1.30. The van der Waals surface area contributed by atoms with E-state index in [4.69, 9.17) is 0 Å². The number of sulfonamides is 1. The van der Waals surface area contributed by atoms with Gasteiger partial charge in [-0.2, -0.15) is 0 Å². The molecule has 1 aliphatic heterocycles. The summed E-state index contributed by atoms with van der Waals surface area (Å²) in [6, 6.07) is 15.7. The summed E-state index contributed by atoms with van der Waals surface area (Å²) in [5, 5.41) is 9.98. The highest BCUT2D eigenvalue weighted by Gasteiger charge is 2.49. The van der Waals surface area contributed by atoms with E-state index >= 15 is 0 Å². The van der Waals surface area contributed by atoms with Crippen LogP contribution in [0.4, 0.5) is 0 Å². The van der Waals surface area contributed by atoms with Crippen LogP contribution in [0.1, 0.15) is 17.2 Å². The number of benzene rings is 1. The van der Waals surface area contributed by atoms with E-state index < -0.39 is 10.0 Å². The lowest BCUT2D eigenvalue weighted by molar-refractivity contribution is -0.0552. The Balaban J connectivity index is 1.88. The third-order valence-electron chi connectivity index (χ3n) is 5.13. The zero-order valence-electron chi connectivity index (χ0n) is 15.1. The Morgan fingerprint density at radius 3 is 2.38 bits per heavy atom. The summed E-state index contributed by atoms with van der Waals surface area (Å²) in [6.07, 6.45) is 2.96. The van der Waals surface area contributed by atoms with Gasteiger partial charge in [0.15, 0.2) is 0 Å². The monoisotopic (exact) mass is 375 g/mol. The lowest BCUT2D eigenvalue weighted by Crippen LogP contribution is -2.66. The molecule has 1 saturated heterocycles. The Labute approximate surface area is 155 Å². The van der Waals surface area contributed by atoms with Crippen molar-refractivity contribution in [1.29, 1.82) is 0 Å². The Morgan fingerprint density at radius 1 is 1.12 bits per heavy atom. The van der Waals surface area contributed by atoms with E-state index in [2.05, 4.69) is 9.88 Å². The Morgan fingerprint density at radius 2 is 1.81 bits per heavy atom. The van der Waals surface area contributed by atoms with Gasteiger partial charge in [0.05, 0.1) is 18.6 Å². The van der Waals surface area contributed by atoms with Crippen LogP contribution in [0.5, 0.6) is 0 Å². The van der Waals surface area contributed by atoms with Gasteiger partial charge in [-0.15, -0.1) is 0 Å². The van der Waals surface area contributed by atoms with E-state index in [1.807, 2.05) is 48.5 Å². The highest BCUT2D eigenvalue weighted by atomic mass is 32.2. The zero-order valence-corrected chi connectivity index (χ0v) is 15.9. The molecule has 140 valence electrons. The summed E-state index contributed by atoms with van der Waals surface area (Å²) >= 11 is 0. The molecule has 2 aromatic rings. The SMILES string of the molecule is CN(C[C@@H]1[C@@H](c2ccccc2)[C@H](CO)N1Cc1ccccn1)S(C)(=O)=O. The maximum atomic E-state index is 11.9. The molecule has 0 unspecified atom stereocenters. The first-order chi connectivity index (χ1) is 12.4. The standard InChI is InChI=1S/C19H25N3O3S/c1-21(26(2,24)25)13-17-19(15-8-4-3-5-9-15)18(14-23)22(17)12-16-10-6-7-11-20-16/h3-11,17-19,23H,12-14H2,1-2H3/t17-,18+,19-/m1/s1. The second-order valence-corrected chi connectivity index (χ2v) is 8.88. The minimum absolute atomic E-state index is 0.0173. The topological polar surface area (TPSA) is 73.7 Å². The van der Waals surface area contributed by atoms with Gasteiger partial charge >= 0.3 is 0 Å². The molecule has 0 amide bonds. The molecule has 7 heteroatoms. The van der Waals surface area contributed by atoms with E-state index in [0.29, 0.717) is 13.1 Å². The fraction of sp³-hybridized carbons (Fsp3) is 0.421. The number of pyridine rings is 1. The fourth-order valence-corrected chi connectivity index (χ4v) is 4.11. The molecule has 0 radical (unpaired) electrons. The van der Waals surface area contributed by atoms with Crippen molar-refractivity contribution in [3.05, 3.63) is 66.0 Å². The van der Waals surface area contributed by atoms with E-state index in [1.54, 1.807) is 13.2 Å². The normalized spacial score (nSPS) is 23.8. The number of aliphatic hydroxyl groups excluding tert-OH is 1. The maximum Gasteiger partial charge on any atom is 0.211 e. The second-order valence-electron chi connectivity index (χ2n) is 6.79. The van der Waals surface area contributed by atoms with Crippen LogP contribution in [0, 0.1) is 0 Å². The van der Waals surface area contributed by atoms with E-state index in [-0.39, 0.29) is 24.6 Å². The fourth-order valence-electron chi connectivity index (χ4n) is 3.68. The smallest absolute Gasteiger partial charge is 0.211 e. The van der Waals surface area contributed by atoms with Gasteiger partial charge < -0.3 is 5.11 Å². The van der Waals surface area contributed by atoms with E-state index in [9.17, 15) is 13.5 Å². The van der Waals surface area contributed by atoms with Crippen LogP contribution in [-0.4, -0.2) is 66.3 Å². The van der Waals surface area contributed by atoms with Gasteiger partial charge in [-0.25, -0.2) is 12.7 Å². The van der Waals surface area contributed by atoms with Gasteiger partial charge in [-0.3, -0.25) is 9.88 Å². The Hall–Kier alpha value is -1.80. The largest absolute Gasteiger partial charge is 0.395 e. The van der Waals surface area contributed by atoms with Gasteiger partial charge in [0.25, 0.3) is 0 Å². The molecular formula is C19H25N3O3S. The summed E-state index contributed by atoms with van der Waals surface area (Å²) in [5.74, 6) is 0.0779. The van der Waals surface area contributed by atoms with Crippen molar-refractivity contribution < 1.29 is 13.5 Å². The van der Waals surface area contributed by atoms with Crippen molar-refractivity contribution in [1.82, 2.24) is 14.2 Å². The highest BCUT2D eigenvalue weighted by Crippen LogP contribution is 2.41. The maximum absolute atomic E-state index is 11.9. The average Bonchev–Trinajstić information content (AvgIpc) is 2.63. The molecule has 0 aliphatic carbocycles. The molecule has 6 nitrogen and oxygen atoms in total. The molecular weight excluding hydrogens is 350 g/mol. The molecule has 0 spiro atoms. The molecule has 1 aromatic heterocycles. The molecule has 3 atom stereocenters. The molecule has 2 heterocycles. The number of hydrogen-bond donors (Lipinski definition) is 1. The van der Waals surface area contributed by atoms with Crippen LogP contribution in [0.25, 0.3) is 0 Å². The molecule has 3 rings (SSSR count). The van der Waals surface area contributed by atoms with Crippen molar-refractivity contribution >= 4 is 10.0 Å². The molecule has 1 aromatic carbocycles. The number of nitrogens with zero attached hydrogens (tertiary/aromatic N) is 3. The first-order valence-corrected chi connectivity index (χ1v) is 10.5. The predicted molar refractivity (Wildman–Crippen MR) is 101 cm³/mol. The average molecular weight is 375 g/mol. The molecule has 0 saturated carbocycles. The molecule has 26 heavy (non-hydrogen) atoms. The summed E-state index contributed by atoms with van der Waals surface area (Å²) in [5.41, 5.74) is 2.03. The van der Waals surface area contributed by atoms with Gasteiger partial charge in [0.1, 0.15) is 0 Å². The lowest BCUT2D eigenvalue weighted by Gasteiger charge is -2.55. The van der Waals surface area contributed by atoms with Crippen LogP contribution in [0.3, 0.4) is 0 Å². The molecule has 1 fully saturated rings. The number of hydrogen-bond acceptors (Lipinski definition) is 5. The number of aliphatic hydroxyl groups is 1. The number of aromatic nitrogens is 1. The molecule has 1 aliphatic rings. The van der Waals surface area contributed by atoms with Crippen LogP contribution >= 0.6 is 0 Å². The van der Waals surface area contributed by atoms with Crippen LogP contribution < -0.4 is 0 Å². The zero-order chi connectivity index (χ0) is 18.7. The first kappa shape index (κ1) is 19.0. The van der Waals surface area contributed by atoms with Crippen LogP contribution in [0.15, 0.2) is 54.7 Å². The van der Waals surface area contributed by atoms with Gasteiger partial charge in [0, 0.05) is 44.3 Å². The first-order valence-electron chi connectivity index (χ1n) is 8.64. The van der Waals surface area contributed by atoms with Crippen molar-refractivity contribution in [2.45, 2.75) is 24.5 Å². The lowest BCUT2D eigenvalue weighted by atomic mass is 9.75. The summed E-state index contributed by atoms with van der Waals surface area (Å²) in [6.45, 7) is 0.977. The Bertz CT molecular complexity index is 814. The minimum atomic E-state index is -3.27. The van der Waals surface area contributed by atoms with Crippen molar-refractivity contribution in [3.8, 4) is 0 Å². The number of likely N-dealkylation sites (N-methyl/N-ethyl adjacent to an activating group) is 1.